The molecular formula is C23H22N4O3. The molecule has 0 amide bonds. The van der Waals surface area contributed by atoms with Gasteiger partial charge in [-0.05, 0) is 29.7 Å². The van der Waals surface area contributed by atoms with Crippen LogP contribution in [0.3, 0.4) is 0 Å². The third-order valence-electron chi connectivity index (χ3n) is 4.84. The van der Waals surface area contributed by atoms with Crippen LogP contribution in [0.2, 0.25) is 0 Å². The molecule has 0 atom stereocenters. The zero-order valence-electron chi connectivity index (χ0n) is 17.1. The molecule has 0 aliphatic rings. The number of benzene rings is 2. The van der Waals surface area contributed by atoms with E-state index in [1.165, 1.54) is 16.3 Å². The summed E-state index contributed by atoms with van der Waals surface area (Å²) >= 11 is 0. The first-order chi connectivity index (χ1) is 14.5. The summed E-state index contributed by atoms with van der Waals surface area (Å²) in [6, 6.07) is 18.8. The van der Waals surface area contributed by atoms with E-state index < -0.39 is 0 Å². The van der Waals surface area contributed by atoms with E-state index in [0.29, 0.717) is 28.7 Å². The predicted molar refractivity (Wildman–Crippen MR) is 113 cm³/mol. The number of para-hydroxylation sites is 1. The molecule has 0 saturated carbocycles. The Bertz CT molecular complexity index is 1210. The standard InChI is InChI=1S/C23H22N4O3/c1-15(2)16-8-10-17(11-9-16)19-12-13-22(28)27(25-19)14-21-24-23(26-30-21)18-6-4-5-7-20(18)29-3/h4-13,15H,14H2,1-3H3. The van der Waals surface area contributed by atoms with Crippen LogP contribution in [0.5, 0.6) is 5.75 Å². The van der Waals surface area contributed by atoms with Crippen molar-refractivity contribution in [2.45, 2.75) is 26.3 Å². The Kier molecular flexibility index (Phi) is 5.43. The molecule has 152 valence electrons. The molecule has 2 aromatic carbocycles. The van der Waals surface area contributed by atoms with Crippen molar-refractivity contribution in [2.24, 2.45) is 0 Å². The number of hydrogen-bond donors (Lipinski definition) is 0. The largest absolute Gasteiger partial charge is 0.496 e. The van der Waals surface area contributed by atoms with Gasteiger partial charge in [0.15, 0.2) is 0 Å². The van der Waals surface area contributed by atoms with E-state index in [9.17, 15) is 4.79 Å². The Morgan fingerprint density at radius 2 is 1.80 bits per heavy atom. The second kappa shape index (κ2) is 8.32. The lowest BCUT2D eigenvalue weighted by atomic mass is 10.0. The van der Waals surface area contributed by atoms with E-state index in [1.54, 1.807) is 13.2 Å². The summed E-state index contributed by atoms with van der Waals surface area (Å²) < 4.78 is 12.0. The predicted octanol–water partition coefficient (Wildman–Crippen LogP) is 4.14. The Morgan fingerprint density at radius 3 is 2.53 bits per heavy atom. The van der Waals surface area contributed by atoms with Crippen LogP contribution >= 0.6 is 0 Å². The molecule has 0 aliphatic heterocycles. The Labute approximate surface area is 174 Å². The highest BCUT2D eigenvalue weighted by molar-refractivity contribution is 5.63. The van der Waals surface area contributed by atoms with Gasteiger partial charge in [0.25, 0.3) is 5.56 Å². The van der Waals surface area contributed by atoms with Crippen LogP contribution in [-0.4, -0.2) is 27.0 Å². The minimum atomic E-state index is -0.241. The monoisotopic (exact) mass is 402 g/mol. The van der Waals surface area contributed by atoms with Gasteiger partial charge in [-0.25, -0.2) is 4.68 Å². The van der Waals surface area contributed by atoms with Gasteiger partial charge in [0.1, 0.15) is 12.3 Å². The van der Waals surface area contributed by atoms with Crippen molar-refractivity contribution in [2.75, 3.05) is 7.11 Å². The molecule has 30 heavy (non-hydrogen) atoms. The van der Waals surface area contributed by atoms with E-state index in [2.05, 4.69) is 41.2 Å². The molecule has 7 nitrogen and oxygen atoms in total. The third-order valence-corrected chi connectivity index (χ3v) is 4.84. The lowest BCUT2D eigenvalue weighted by molar-refractivity contribution is 0.363. The maximum Gasteiger partial charge on any atom is 0.267 e. The van der Waals surface area contributed by atoms with Gasteiger partial charge < -0.3 is 9.26 Å². The quantitative estimate of drug-likeness (QED) is 0.482. The van der Waals surface area contributed by atoms with Crippen molar-refractivity contribution < 1.29 is 9.26 Å². The third kappa shape index (κ3) is 4.00. The fraction of sp³-hybridized carbons (Fsp3) is 0.217. The SMILES string of the molecule is COc1ccccc1-c1noc(Cn2nc(-c3ccc(C(C)C)cc3)ccc2=O)n1. The molecule has 0 unspecified atom stereocenters. The summed E-state index contributed by atoms with van der Waals surface area (Å²) in [4.78, 5) is 16.7. The molecule has 7 heteroatoms. The highest BCUT2D eigenvalue weighted by Gasteiger charge is 2.14. The second-order valence-corrected chi connectivity index (χ2v) is 7.20. The first-order valence-corrected chi connectivity index (χ1v) is 9.69. The molecule has 2 aromatic heterocycles. The number of nitrogens with zero attached hydrogens (tertiary/aromatic N) is 4. The fourth-order valence-electron chi connectivity index (χ4n) is 3.14. The number of rotatable bonds is 6. The maximum atomic E-state index is 12.3. The van der Waals surface area contributed by atoms with Crippen LogP contribution in [-0.2, 0) is 6.54 Å². The fourth-order valence-corrected chi connectivity index (χ4v) is 3.14. The molecule has 0 fully saturated rings. The van der Waals surface area contributed by atoms with Crippen LogP contribution in [0, 0.1) is 0 Å². The van der Waals surface area contributed by atoms with Crippen LogP contribution in [0.25, 0.3) is 22.6 Å². The summed E-state index contributed by atoms with van der Waals surface area (Å²) in [7, 11) is 1.59. The van der Waals surface area contributed by atoms with Gasteiger partial charge in [0.2, 0.25) is 11.7 Å². The van der Waals surface area contributed by atoms with E-state index in [-0.39, 0.29) is 18.0 Å². The number of aromatic nitrogens is 4. The highest BCUT2D eigenvalue weighted by Crippen LogP contribution is 2.27. The zero-order chi connectivity index (χ0) is 21.1. The lowest BCUT2D eigenvalue weighted by Crippen LogP contribution is -2.23. The number of hydrogen-bond acceptors (Lipinski definition) is 6. The van der Waals surface area contributed by atoms with E-state index >= 15 is 0 Å². The van der Waals surface area contributed by atoms with Crippen LogP contribution in [0.1, 0.15) is 31.2 Å². The minimum absolute atomic E-state index is 0.0822. The average molecular weight is 402 g/mol. The van der Waals surface area contributed by atoms with Crippen molar-refractivity contribution in [3.05, 3.63) is 82.5 Å². The van der Waals surface area contributed by atoms with E-state index in [1.807, 2.05) is 36.4 Å². The number of ether oxygens (including phenoxy) is 1. The minimum Gasteiger partial charge on any atom is -0.496 e. The zero-order valence-corrected chi connectivity index (χ0v) is 17.1. The van der Waals surface area contributed by atoms with E-state index in [0.717, 1.165) is 5.56 Å². The van der Waals surface area contributed by atoms with Gasteiger partial charge in [-0.3, -0.25) is 4.79 Å². The molecule has 0 radical (unpaired) electrons. The average Bonchev–Trinajstić information content (AvgIpc) is 3.23. The van der Waals surface area contributed by atoms with Crippen molar-refractivity contribution in [3.8, 4) is 28.4 Å². The Morgan fingerprint density at radius 1 is 1.03 bits per heavy atom. The molecule has 0 spiro atoms. The van der Waals surface area contributed by atoms with Crippen molar-refractivity contribution in [1.29, 1.82) is 0 Å². The maximum absolute atomic E-state index is 12.3. The van der Waals surface area contributed by atoms with Gasteiger partial charge in [-0.1, -0.05) is 55.4 Å². The molecule has 0 aliphatic carbocycles. The molecule has 0 N–H and O–H groups in total. The molecule has 2 heterocycles. The normalized spacial score (nSPS) is 11.1. The van der Waals surface area contributed by atoms with Gasteiger partial charge in [0.05, 0.1) is 18.4 Å². The molecule has 0 bridgehead atoms. The summed E-state index contributed by atoms with van der Waals surface area (Å²) in [5, 5.41) is 8.50. The van der Waals surface area contributed by atoms with Crippen LogP contribution < -0.4 is 10.3 Å². The van der Waals surface area contributed by atoms with E-state index in [4.69, 9.17) is 9.26 Å². The molecule has 0 saturated heterocycles. The first kappa shape index (κ1) is 19.6. The van der Waals surface area contributed by atoms with Crippen LogP contribution in [0.4, 0.5) is 0 Å². The molecule has 4 rings (SSSR count). The summed E-state index contributed by atoms with van der Waals surface area (Å²) in [5.41, 5.74) is 3.37. The van der Waals surface area contributed by atoms with Gasteiger partial charge in [0, 0.05) is 11.6 Å². The second-order valence-electron chi connectivity index (χ2n) is 7.20. The van der Waals surface area contributed by atoms with Gasteiger partial charge >= 0.3 is 0 Å². The summed E-state index contributed by atoms with van der Waals surface area (Å²) in [5.74, 6) is 1.79. The number of methoxy groups -OCH3 is 1. The topological polar surface area (TPSA) is 83.0 Å². The summed E-state index contributed by atoms with van der Waals surface area (Å²) in [6.07, 6.45) is 0. The smallest absolute Gasteiger partial charge is 0.267 e. The van der Waals surface area contributed by atoms with Crippen LogP contribution in [0.15, 0.2) is 70.0 Å². The lowest BCUT2D eigenvalue weighted by Gasteiger charge is -2.08. The van der Waals surface area contributed by atoms with Crippen molar-refractivity contribution in [1.82, 2.24) is 19.9 Å². The highest BCUT2D eigenvalue weighted by atomic mass is 16.5. The summed E-state index contributed by atoms with van der Waals surface area (Å²) in [6.45, 7) is 4.38. The van der Waals surface area contributed by atoms with Crippen molar-refractivity contribution in [3.63, 3.8) is 0 Å². The Balaban J connectivity index is 1.60. The molecular weight excluding hydrogens is 380 g/mol. The van der Waals surface area contributed by atoms with Gasteiger partial charge in [-0.15, -0.1) is 0 Å². The first-order valence-electron chi connectivity index (χ1n) is 9.69. The van der Waals surface area contributed by atoms with Crippen molar-refractivity contribution >= 4 is 0 Å². The Hall–Kier alpha value is -3.74. The van der Waals surface area contributed by atoms with Gasteiger partial charge in [-0.2, -0.15) is 10.1 Å². The molecule has 4 aromatic rings.